The summed E-state index contributed by atoms with van der Waals surface area (Å²) < 4.78 is 0. The summed E-state index contributed by atoms with van der Waals surface area (Å²) in [6.45, 7) is 8.05. The van der Waals surface area contributed by atoms with Crippen molar-refractivity contribution >= 4 is 40.0 Å². The minimum Gasteiger partial charge on any atom is -0.392 e. The Labute approximate surface area is 215 Å². The zero-order valence-electron chi connectivity index (χ0n) is 20.6. The monoisotopic (exact) mass is 514 g/mol. The number of hydrogen-bond acceptors (Lipinski definition) is 7. The lowest BCUT2D eigenvalue weighted by molar-refractivity contribution is -0.144. The van der Waals surface area contributed by atoms with Crippen LogP contribution in [0.4, 0.5) is 5.13 Å². The third kappa shape index (κ3) is 4.62. The highest BCUT2D eigenvalue weighted by molar-refractivity contribution is 7.99. The fourth-order valence-corrected chi connectivity index (χ4v) is 8.69. The van der Waals surface area contributed by atoms with Crippen molar-refractivity contribution in [2.24, 2.45) is 23.2 Å². The molecule has 1 aliphatic heterocycles. The van der Waals surface area contributed by atoms with Gasteiger partial charge in [-0.05, 0) is 48.6 Å². The number of carbonyl (C=O) groups is 2. The van der Waals surface area contributed by atoms with E-state index in [1.807, 2.05) is 23.6 Å². The number of amides is 2. The molecular weight excluding hydrogens is 480 g/mol. The Kier molecular flexibility index (Phi) is 6.94. The van der Waals surface area contributed by atoms with Crippen molar-refractivity contribution in [2.75, 3.05) is 29.9 Å². The van der Waals surface area contributed by atoms with Crippen molar-refractivity contribution < 1.29 is 14.7 Å². The van der Waals surface area contributed by atoms with Crippen LogP contribution in [-0.2, 0) is 11.2 Å². The van der Waals surface area contributed by atoms with Crippen LogP contribution < -0.4 is 5.32 Å². The number of rotatable bonds is 4. The molecule has 0 unspecified atom stereocenters. The van der Waals surface area contributed by atoms with Gasteiger partial charge in [0.2, 0.25) is 5.91 Å². The Hall–Kier alpha value is -1.97. The highest BCUT2D eigenvalue weighted by atomic mass is 32.2. The quantitative estimate of drug-likeness (QED) is 0.639. The van der Waals surface area contributed by atoms with Crippen LogP contribution in [0.1, 0.15) is 60.5 Å². The highest BCUT2D eigenvalue weighted by Gasteiger charge is 2.54. The number of pyridine rings is 1. The predicted molar refractivity (Wildman–Crippen MR) is 140 cm³/mol. The van der Waals surface area contributed by atoms with Gasteiger partial charge < -0.3 is 10.0 Å². The van der Waals surface area contributed by atoms with Crippen LogP contribution in [0.5, 0.6) is 0 Å². The number of nitrogens with one attached hydrogen (secondary N) is 1. The maximum Gasteiger partial charge on any atom is 0.257 e. The van der Waals surface area contributed by atoms with Crippen molar-refractivity contribution in [3.63, 3.8) is 0 Å². The second-order valence-electron chi connectivity index (χ2n) is 10.6. The van der Waals surface area contributed by atoms with Gasteiger partial charge in [-0.2, -0.15) is 11.8 Å². The zero-order valence-corrected chi connectivity index (χ0v) is 22.2. The van der Waals surface area contributed by atoms with Gasteiger partial charge in [0.25, 0.3) is 5.91 Å². The van der Waals surface area contributed by atoms with Crippen molar-refractivity contribution in [1.82, 2.24) is 14.9 Å². The van der Waals surface area contributed by atoms with E-state index in [1.165, 1.54) is 4.88 Å². The maximum absolute atomic E-state index is 13.2. The van der Waals surface area contributed by atoms with Crippen LogP contribution in [0.15, 0.2) is 24.5 Å². The SMILES string of the molecule is C[C@H](C(=O)N1CCSCC1)[C@@H]1CC[C@@]2(C)Cc3sc(NC(=O)c4ccncc4)nc3[C@@H](C)[C@@H]2[C@H]1O. The Morgan fingerprint density at radius 1 is 1.26 bits per heavy atom. The number of aromatic nitrogens is 2. The number of thioether (sulfide) groups is 1. The van der Waals surface area contributed by atoms with Crippen LogP contribution in [0, 0.1) is 23.2 Å². The largest absolute Gasteiger partial charge is 0.392 e. The normalized spacial score (nSPS) is 31.3. The summed E-state index contributed by atoms with van der Waals surface area (Å²) in [7, 11) is 0. The summed E-state index contributed by atoms with van der Waals surface area (Å²) in [4.78, 5) is 37.8. The molecule has 3 aliphatic rings. The average Bonchev–Trinajstić information content (AvgIpc) is 3.26. The van der Waals surface area contributed by atoms with Gasteiger partial charge in [0, 0.05) is 59.3 Å². The van der Waals surface area contributed by atoms with Crippen LogP contribution >= 0.6 is 23.1 Å². The highest BCUT2D eigenvalue weighted by Crippen LogP contribution is 2.57. The lowest BCUT2D eigenvalue weighted by Gasteiger charge is -2.53. The summed E-state index contributed by atoms with van der Waals surface area (Å²) in [5, 5.41) is 15.2. The van der Waals surface area contributed by atoms with Gasteiger partial charge in [0.1, 0.15) is 0 Å². The Balaban J connectivity index is 1.34. The van der Waals surface area contributed by atoms with E-state index in [0.717, 1.165) is 49.6 Å². The van der Waals surface area contributed by atoms with E-state index in [4.69, 9.17) is 4.98 Å². The van der Waals surface area contributed by atoms with Gasteiger partial charge >= 0.3 is 0 Å². The van der Waals surface area contributed by atoms with Gasteiger partial charge in [-0.3, -0.25) is 19.9 Å². The number of anilines is 1. The Bertz CT molecular complexity index is 1090. The number of aliphatic hydroxyl groups is 1. The van der Waals surface area contributed by atoms with Crippen molar-refractivity contribution in [3.05, 3.63) is 40.7 Å². The van der Waals surface area contributed by atoms with E-state index >= 15 is 0 Å². The van der Waals surface area contributed by atoms with Gasteiger partial charge in [-0.25, -0.2) is 4.98 Å². The minimum absolute atomic E-state index is 0.0340. The lowest BCUT2D eigenvalue weighted by Crippen LogP contribution is -2.54. The Morgan fingerprint density at radius 3 is 2.69 bits per heavy atom. The number of hydrogen-bond donors (Lipinski definition) is 2. The fourth-order valence-electron chi connectivity index (χ4n) is 6.53. The van der Waals surface area contributed by atoms with Crippen molar-refractivity contribution in [2.45, 2.75) is 52.1 Å². The standard InChI is InChI=1S/C26H34N4O3S2/c1-15(24(33)30-10-12-34-13-11-30)18-4-7-26(3)14-19-21(16(2)20(26)22(18)31)28-25(35-19)29-23(32)17-5-8-27-9-6-17/h5-6,8-9,15-16,18,20,22,31H,4,7,10-14H2,1-3H3,(H,28,29,32)/t15-,16-,18-,20+,22-,26-/m0/s1. The summed E-state index contributed by atoms with van der Waals surface area (Å²) in [5.74, 6) is 1.85. The summed E-state index contributed by atoms with van der Waals surface area (Å²) in [5.41, 5.74) is 1.48. The first kappa shape index (κ1) is 24.7. The molecule has 188 valence electrons. The fraction of sp³-hybridized carbons (Fsp3) is 0.615. The molecule has 2 aliphatic carbocycles. The molecule has 1 saturated heterocycles. The molecule has 2 aromatic heterocycles. The number of nitrogens with zero attached hydrogens (tertiary/aromatic N) is 3. The van der Waals surface area contributed by atoms with Crippen LogP contribution in [0.3, 0.4) is 0 Å². The molecule has 9 heteroatoms. The Morgan fingerprint density at radius 2 is 1.97 bits per heavy atom. The number of carbonyl (C=O) groups excluding carboxylic acids is 2. The van der Waals surface area contributed by atoms with E-state index in [-0.39, 0.29) is 40.9 Å². The first-order chi connectivity index (χ1) is 16.8. The third-order valence-corrected chi connectivity index (χ3v) is 10.4. The molecule has 3 heterocycles. The molecule has 35 heavy (non-hydrogen) atoms. The van der Waals surface area contributed by atoms with Gasteiger partial charge in [0.05, 0.1) is 11.8 Å². The summed E-state index contributed by atoms with van der Waals surface area (Å²) >= 11 is 3.44. The maximum atomic E-state index is 13.2. The van der Waals surface area contributed by atoms with E-state index in [9.17, 15) is 14.7 Å². The van der Waals surface area contributed by atoms with E-state index in [1.54, 1.807) is 35.9 Å². The van der Waals surface area contributed by atoms with E-state index in [0.29, 0.717) is 10.7 Å². The molecule has 2 amide bonds. The van der Waals surface area contributed by atoms with Gasteiger partial charge in [0.15, 0.2) is 5.13 Å². The molecule has 0 aromatic carbocycles. The molecule has 2 N–H and O–H groups in total. The topological polar surface area (TPSA) is 95.4 Å². The molecule has 2 fully saturated rings. The summed E-state index contributed by atoms with van der Waals surface area (Å²) in [6.07, 6.45) is 5.33. The molecule has 1 saturated carbocycles. The van der Waals surface area contributed by atoms with Crippen molar-refractivity contribution in [1.29, 1.82) is 0 Å². The second-order valence-corrected chi connectivity index (χ2v) is 12.9. The third-order valence-electron chi connectivity index (χ3n) is 8.44. The van der Waals surface area contributed by atoms with E-state index in [2.05, 4.69) is 24.1 Å². The van der Waals surface area contributed by atoms with Gasteiger partial charge in [-0.15, -0.1) is 11.3 Å². The van der Waals surface area contributed by atoms with Gasteiger partial charge in [-0.1, -0.05) is 20.8 Å². The van der Waals surface area contributed by atoms with Crippen LogP contribution in [0.25, 0.3) is 0 Å². The number of thiazole rings is 1. The van der Waals surface area contributed by atoms with Crippen molar-refractivity contribution in [3.8, 4) is 0 Å². The van der Waals surface area contributed by atoms with Crippen LogP contribution in [-0.4, -0.2) is 62.5 Å². The van der Waals surface area contributed by atoms with Crippen LogP contribution in [0.2, 0.25) is 0 Å². The van der Waals surface area contributed by atoms with E-state index < -0.39 is 6.10 Å². The number of aliphatic hydroxyl groups excluding tert-OH is 1. The molecule has 0 bridgehead atoms. The molecule has 0 spiro atoms. The number of fused-ring (bicyclic) bond motifs is 2. The molecule has 7 nitrogen and oxygen atoms in total. The zero-order chi connectivity index (χ0) is 24.7. The minimum atomic E-state index is -0.549. The molecule has 5 rings (SSSR count). The predicted octanol–water partition coefficient (Wildman–Crippen LogP) is 4.05. The average molecular weight is 515 g/mol. The second kappa shape index (κ2) is 9.82. The lowest BCUT2D eigenvalue weighted by atomic mass is 9.53. The molecular formula is C26H34N4O3S2. The molecule has 0 radical (unpaired) electrons. The first-order valence-corrected chi connectivity index (χ1v) is 14.5. The first-order valence-electron chi connectivity index (χ1n) is 12.5. The smallest absolute Gasteiger partial charge is 0.257 e. The molecule has 6 atom stereocenters. The summed E-state index contributed by atoms with van der Waals surface area (Å²) in [6, 6.07) is 3.37. The molecule has 2 aromatic rings.